The third-order valence-electron chi connectivity index (χ3n) is 3.39. The minimum absolute atomic E-state index is 0.375. The van der Waals surface area contributed by atoms with Crippen LogP contribution in [-0.4, -0.2) is 19.8 Å². The second-order valence-electron chi connectivity index (χ2n) is 4.75. The molecular formula is C16H21NO2. The molecule has 0 aromatic heterocycles. The molecule has 0 aliphatic heterocycles. The summed E-state index contributed by atoms with van der Waals surface area (Å²) >= 11 is 0. The second kappa shape index (κ2) is 7.18. The first-order valence-corrected chi connectivity index (χ1v) is 6.81. The summed E-state index contributed by atoms with van der Waals surface area (Å²) in [5.74, 6) is 6.76. The monoisotopic (exact) mass is 259 g/mol. The molecule has 1 aliphatic rings. The summed E-state index contributed by atoms with van der Waals surface area (Å²) in [4.78, 5) is 0. The van der Waals surface area contributed by atoms with Crippen molar-refractivity contribution in [1.29, 1.82) is 0 Å². The lowest BCUT2D eigenvalue weighted by Gasteiger charge is -2.13. The van der Waals surface area contributed by atoms with Crippen LogP contribution in [0.2, 0.25) is 0 Å². The standard InChI is InChI=1S/C16H21NO2/c1-18-16-9-8-13(5-4-10-17)11-14(16)12-19-15-6-2-3-7-15/h8-9,11,15H,2-3,6-7,10,12,17H2,1H3. The largest absolute Gasteiger partial charge is 0.496 e. The first-order chi connectivity index (χ1) is 9.33. The highest BCUT2D eigenvalue weighted by Gasteiger charge is 2.16. The van der Waals surface area contributed by atoms with Gasteiger partial charge in [-0.3, -0.25) is 0 Å². The van der Waals surface area contributed by atoms with Crippen molar-refractivity contribution in [3.8, 4) is 17.6 Å². The average molecular weight is 259 g/mol. The topological polar surface area (TPSA) is 44.5 Å². The van der Waals surface area contributed by atoms with Crippen molar-refractivity contribution in [2.75, 3.05) is 13.7 Å². The van der Waals surface area contributed by atoms with Gasteiger partial charge in [0.2, 0.25) is 0 Å². The maximum Gasteiger partial charge on any atom is 0.124 e. The van der Waals surface area contributed by atoms with Gasteiger partial charge in [-0.25, -0.2) is 0 Å². The van der Waals surface area contributed by atoms with Crippen LogP contribution in [0.15, 0.2) is 18.2 Å². The van der Waals surface area contributed by atoms with Gasteiger partial charge in [-0.1, -0.05) is 24.7 Å². The van der Waals surface area contributed by atoms with Crippen LogP contribution >= 0.6 is 0 Å². The number of rotatable bonds is 4. The molecule has 1 aromatic carbocycles. The minimum Gasteiger partial charge on any atom is -0.496 e. The van der Waals surface area contributed by atoms with Crippen molar-refractivity contribution >= 4 is 0 Å². The Morgan fingerprint density at radius 1 is 1.32 bits per heavy atom. The molecule has 0 heterocycles. The van der Waals surface area contributed by atoms with Crippen LogP contribution in [0.4, 0.5) is 0 Å². The molecule has 2 rings (SSSR count). The van der Waals surface area contributed by atoms with E-state index in [4.69, 9.17) is 15.2 Å². The molecule has 1 fully saturated rings. The van der Waals surface area contributed by atoms with E-state index in [1.54, 1.807) is 7.11 Å². The second-order valence-corrected chi connectivity index (χ2v) is 4.75. The molecule has 0 radical (unpaired) electrons. The molecule has 1 aliphatic carbocycles. The normalized spacial score (nSPS) is 15.1. The number of methoxy groups -OCH3 is 1. The van der Waals surface area contributed by atoms with Gasteiger partial charge < -0.3 is 15.2 Å². The Labute approximate surface area is 115 Å². The Kier molecular flexibility index (Phi) is 5.26. The van der Waals surface area contributed by atoms with Crippen LogP contribution < -0.4 is 10.5 Å². The predicted octanol–water partition coefficient (Wildman–Crippen LogP) is 2.46. The molecule has 0 spiro atoms. The van der Waals surface area contributed by atoms with Gasteiger partial charge in [-0.2, -0.15) is 0 Å². The quantitative estimate of drug-likeness (QED) is 0.845. The predicted molar refractivity (Wildman–Crippen MR) is 76.0 cm³/mol. The molecule has 0 atom stereocenters. The zero-order valence-electron chi connectivity index (χ0n) is 11.4. The van der Waals surface area contributed by atoms with Gasteiger partial charge in [0.15, 0.2) is 0 Å². The molecule has 102 valence electrons. The molecule has 19 heavy (non-hydrogen) atoms. The maximum atomic E-state index is 5.94. The highest BCUT2D eigenvalue weighted by molar-refractivity contribution is 5.44. The fourth-order valence-corrected chi connectivity index (χ4v) is 2.38. The Hall–Kier alpha value is -1.50. The fraction of sp³-hybridized carbons (Fsp3) is 0.500. The first kappa shape index (κ1) is 13.9. The Bertz CT molecular complexity index is 467. The third-order valence-corrected chi connectivity index (χ3v) is 3.39. The minimum atomic E-state index is 0.375. The van der Waals surface area contributed by atoms with Crippen LogP contribution in [-0.2, 0) is 11.3 Å². The van der Waals surface area contributed by atoms with E-state index in [2.05, 4.69) is 11.8 Å². The van der Waals surface area contributed by atoms with Gasteiger partial charge in [-0.15, -0.1) is 0 Å². The van der Waals surface area contributed by atoms with E-state index in [9.17, 15) is 0 Å². The molecule has 3 nitrogen and oxygen atoms in total. The summed E-state index contributed by atoms with van der Waals surface area (Å²) in [5.41, 5.74) is 7.40. The Morgan fingerprint density at radius 2 is 2.11 bits per heavy atom. The fourth-order valence-electron chi connectivity index (χ4n) is 2.38. The van der Waals surface area contributed by atoms with Crippen molar-refractivity contribution < 1.29 is 9.47 Å². The number of hydrogen-bond donors (Lipinski definition) is 1. The molecule has 0 bridgehead atoms. The van der Waals surface area contributed by atoms with Crippen molar-refractivity contribution in [3.05, 3.63) is 29.3 Å². The van der Waals surface area contributed by atoms with E-state index in [0.717, 1.165) is 16.9 Å². The average Bonchev–Trinajstić information content (AvgIpc) is 2.96. The summed E-state index contributed by atoms with van der Waals surface area (Å²) in [7, 11) is 1.68. The van der Waals surface area contributed by atoms with Crippen LogP contribution in [0.5, 0.6) is 5.75 Å². The van der Waals surface area contributed by atoms with Crippen molar-refractivity contribution in [2.24, 2.45) is 5.73 Å². The van der Waals surface area contributed by atoms with E-state index in [1.165, 1.54) is 25.7 Å². The zero-order valence-corrected chi connectivity index (χ0v) is 11.4. The number of benzene rings is 1. The van der Waals surface area contributed by atoms with Crippen molar-refractivity contribution in [3.63, 3.8) is 0 Å². The lowest BCUT2D eigenvalue weighted by atomic mass is 10.1. The lowest BCUT2D eigenvalue weighted by Crippen LogP contribution is -2.08. The van der Waals surface area contributed by atoms with Crippen LogP contribution in [0, 0.1) is 11.8 Å². The van der Waals surface area contributed by atoms with Gasteiger partial charge in [0.1, 0.15) is 5.75 Å². The summed E-state index contributed by atoms with van der Waals surface area (Å²) in [6.07, 6.45) is 5.32. The van der Waals surface area contributed by atoms with E-state index >= 15 is 0 Å². The summed E-state index contributed by atoms with van der Waals surface area (Å²) < 4.78 is 11.3. The highest BCUT2D eigenvalue weighted by atomic mass is 16.5. The van der Waals surface area contributed by atoms with E-state index in [1.807, 2.05) is 18.2 Å². The molecule has 1 saturated carbocycles. The Balaban J connectivity index is 2.06. The number of ether oxygens (including phenoxy) is 2. The molecule has 3 heteroatoms. The van der Waals surface area contributed by atoms with Crippen molar-refractivity contribution in [1.82, 2.24) is 0 Å². The number of nitrogens with two attached hydrogens (primary N) is 1. The lowest BCUT2D eigenvalue weighted by molar-refractivity contribution is 0.0446. The Morgan fingerprint density at radius 3 is 2.79 bits per heavy atom. The SMILES string of the molecule is COc1ccc(C#CCN)cc1COC1CCCC1. The van der Waals surface area contributed by atoms with E-state index in [-0.39, 0.29) is 0 Å². The molecule has 0 saturated heterocycles. The summed E-state index contributed by atoms with van der Waals surface area (Å²) in [5, 5.41) is 0. The summed E-state index contributed by atoms with van der Waals surface area (Å²) in [6, 6.07) is 5.91. The van der Waals surface area contributed by atoms with Gasteiger partial charge in [0.25, 0.3) is 0 Å². The molecular weight excluding hydrogens is 238 g/mol. The van der Waals surface area contributed by atoms with E-state index < -0.39 is 0 Å². The van der Waals surface area contributed by atoms with Gasteiger partial charge >= 0.3 is 0 Å². The smallest absolute Gasteiger partial charge is 0.124 e. The van der Waals surface area contributed by atoms with Crippen LogP contribution in [0.1, 0.15) is 36.8 Å². The van der Waals surface area contributed by atoms with Crippen LogP contribution in [0.25, 0.3) is 0 Å². The van der Waals surface area contributed by atoms with Gasteiger partial charge in [0.05, 0.1) is 26.4 Å². The molecule has 0 unspecified atom stereocenters. The third kappa shape index (κ3) is 3.99. The molecule has 1 aromatic rings. The highest BCUT2D eigenvalue weighted by Crippen LogP contribution is 2.25. The van der Waals surface area contributed by atoms with Gasteiger partial charge in [-0.05, 0) is 31.0 Å². The molecule has 2 N–H and O–H groups in total. The first-order valence-electron chi connectivity index (χ1n) is 6.81. The van der Waals surface area contributed by atoms with E-state index in [0.29, 0.717) is 19.3 Å². The van der Waals surface area contributed by atoms with Gasteiger partial charge in [0, 0.05) is 11.1 Å². The maximum absolute atomic E-state index is 5.94. The van der Waals surface area contributed by atoms with Crippen LogP contribution in [0.3, 0.4) is 0 Å². The number of hydrogen-bond acceptors (Lipinski definition) is 3. The van der Waals surface area contributed by atoms with Crippen molar-refractivity contribution in [2.45, 2.75) is 38.4 Å². The molecule has 0 amide bonds. The summed E-state index contributed by atoms with van der Waals surface area (Å²) in [6.45, 7) is 0.964. The zero-order chi connectivity index (χ0) is 13.5.